The van der Waals surface area contributed by atoms with Crippen molar-refractivity contribution in [3.63, 3.8) is 0 Å². The highest BCUT2D eigenvalue weighted by Crippen LogP contribution is 2.23. The van der Waals surface area contributed by atoms with E-state index in [1.54, 1.807) is 6.07 Å². The van der Waals surface area contributed by atoms with Crippen molar-refractivity contribution < 1.29 is 8.39 Å². The van der Waals surface area contributed by atoms with E-state index in [4.69, 9.17) is 15.4 Å². The second-order valence-electron chi connectivity index (χ2n) is 3.10. The van der Waals surface area contributed by atoms with Gasteiger partial charge >= 0.3 is 0 Å². The molecule has 0 fully saturated rings. The van der Waals surface area contributed by atoms with Crippen molar-refractivity contribution in [2.45, 2.75) is 4.90 Å². The highest BCUT2D eigenvalue weighted by atomic mass is 32.8. The van der Waals surface area contributed by atoms with Crippen LogP contribution < -0.4 is 0 Å². The molecule has 0 saturated carbocycles. The van der Waals surface area contributed by atoms with E-state index in [1.165, 1.54) is 7.11 Å². The first-order chi connectivity index (χ1) is 7.15. The standard InChI is InChI=1S/C11H10O2S2/c1-13-15(12,14)11-8-4-6-9-5-2-3-7-10(9)11/h2-8H,1H3. The molecule has 0 aliphatic rings. The molecule has 0 aromatic heterocycles. The minimum absolute atomic E-state index is 0.582. The highest BCUT2D eigenvalue weighted by molar-refractivity contribution is 8.30. The van der Waals surface area contributed by atoms with Crippen molar-refractivity contribution in [2.24, 2.45) is 0 Å². The third-order valence-corrected chi connectivity index (χ3v) is 4.52. The lowest BCUT2D eigenvalue weighted by atomic mass is 10.1. The van der Waals surface area contributed by atoms with E-state index in [9.17, 15) is 4.21 Å². The summed E-state index contributed by atoms with van der Waals surface area (Å²) in [6.45, 7) is 0. The Morgan fingerprint density at radius 1 is 1.13 bits per heavy atom. The van der Waals surface area contributed by atoms with Gasteiger partial charge in [0, 0.05) is 16.6 Å². The Labute approximate surface area is 93.8 Å². The van der Waals surface area contributed by atoms with Crippen LogP contribution in [0.3, 0.4) is 0 Å². The first-order valence-corrected chi connectivity index (χ1v) is 6.84. The average Bonchev–Trinajstić information content (AvgIpc) is 2.28. The van der Waals surface area contributed by atoms with Gasteiger partial charge in [0.15, 0.2) is 8.77 Å². The summed E-state index contributed by atoms with van der Waals surface area (Å²) >= 11 is 4.94. The fraction of sp³-hybridized carbons (Fsp3) is 0.0909. The van der Waals surface area contributed by atoms with E-state index in [0.29, 0.717) is 4.90 Å². The Morgan fingerprint density at radius 2 is 1.80 bits per heavy atom. The van der Waals surface area contributed by atoms with E-state index in [-0.39, 0.29) is 0 Å². The Morgan fingerprint density at radius 3 is 2.53 bits per heavy atom. The highest BCUT2D eigenvalue weighted by Gasteiger charge is 2.11. The maximum absolute atomic E-state index is 12.0. The summed E-state index contributed by atoms with van der Waals surface area (Å²) in [5.41, 5.74) is 0. The molecule has 0 N–H and O–H groups in total. The molecule has 0 heterocycles. The molecular formula is C11H10O2S2. The van der Waals surface area contributed by atoms with Crippen LogP contribution in [0.2, 0.25) is 0 Å². The zero-order valence-corrected chi connectivity index (χ0v) is 9.81. The number of hydrogen-bond acceptors (Lipinski definition) is 3. The molecule has 15 heavy (non-hydrogen) atoms. The van der Waals surface area contributed by atoms with Crippen LogP contribution in [0.5, 0.6) is 0 Å². The maximum Gasteiger partial charge on any atom is 0.173 e. The maximum atomic E-state index is 12.0. The molecule has 78 valence electrons. The van der Waals surface area contributed by atoms with Crippen molar-refractivity contribution in [3.8, 4) is 0 Å². The Hall–Kier alpha value is -0.970. The molecule has 0 aliphatic heterocycles. The largest absolute Gasteiger partial charge is 0.290 e. The van der Waals surface area contributed by atoms with Crippen molar-refractivity contribution in [1.82, 2.24) is 0 Å². The third-order valence-electron chi connectivity index (χ3n) is 2.24. The minimum atomic E-state index is -2.79. The lowest BCUT2D eigenvalue weighted by Crippen LogP contribution is -2.01. The van der Waals surface area contributed by atoms with Crippen LogP contribution in [0, 0.1) is 0 Å². The van der Waals surface area contributed by atoms with Gasteiger partial charge in [-0.15, -0.1) is 0 Å². The molecule has 4 heteroatoms. The molecule has 0 aliphatic carbocycles. The van der Waals surface area contributed by atoms with Gasteiger partial charge in [0.05, 0.1) is 12.0 Å². The van der Waals surface area contributed by atoms with Crippen LogP contribution in [-0.2, 0) is 24.1 Å². The minimum Gasteiger partial charge on any atom is -0.290 e. The van der Waals surface area contributed by atoms with Crippen LogP contribution >= 0.6 is 0 Å². The second kappa shape index (κ2) is 3.89. The van der Waals surface area contributed by atoms with Gasteiger partial charge in [0.1, 0.15) is 0 Å². The summed E-state index contributed by atoms with van der Waals surface area (Å²) in [6, 6.07) is 13.2. The number of fused-ring (bicyclic) bond motifs is 1. The zero-order valence-electron chi connectivity index (χ0n) is 8.17. The summed E-state index contributed by atoms with van der Waals surface area (Å²) in [5, 5.41) is 1.91. The number of benzene rings is 2. The Kier molecular flexibility index (Phi) is 2.73. The van der Waals surface area contributed by atoms with E-state index in [0.717, 1.165) is 10.8 Å². The van der Waals surface area contributed by atoms with Gasteiger partial charge in [-0.2, -0.15) is 0 Å². The van der Waals surface area contributed by atoms with Gasteiger partial charge in [-0.25, -0.2) is 4.21 Å². The van der Waals surface area contributed by atoms with Crippen LogP contribution in [-0.4, -0.2) is 11.3 Å². The van der Waals surface area contributed by atoms with Gasteiger partial charge in [-0.1, -0.05) is 36.4 Å². The molecule has 2 aromatic rings. The SMILES string of the molecule is COS(=O)(=S)c1cccc2ccccc12. The van der Waals surface area contributed by atoms with Crippen LogP contribution in [0.1, 0.15) is 0 Å². The third kappa shape index (κ3) is 1.88. The predicted octanol–water partition coefficient (Wildman–Crippen LogP) is 2.51. The van der Waals surface area contributed by atoms with E-state index in [2.05, 4.69) is 0 Å². The summed E-state index contributed by atoms with van der Waals surface area (Å²) in [4.78, 5) is 0.582. The normalized spacial score (nSPS) is 15.0. The van der Waals surface area contributed by atoms with E-state index < -0.39 is 8.77 Å². The molecule has 2 aromatic carbocycles. The first kappa shape index (κ1) is 10.5. The predicted molar refractivity (Wildman–Crippen MR) is 64.7 cm³/mol. The van der Waals surface area contributed by atoms with E-state index in [1.807, 2.05) is 36.4 Å². The zero-order chi connectivity index (χ0) is 10.9. The molecule has 0 bridgehead atoms. The smallest absolute Gasteiger partial charge is 0.173 e. The van der Waals surface area contributed by atoms with Gasteiger partial charge in [-0.05, 0) is 11.5 Å². The van der Waals surface area contributed by atoms with Crippen LogP contribution in [0.25, 0.3) is 10.8 Å². The summed E-state index contributed by atoms with van der Waals surface area (Å²) in [7, 11) is -1.42. The average molecular weight is 238 g/mol. The summed E-state index contributed by atoms with van der Waals surface area (Å²) < 4.78 is 16.8. The number of rotatable bonds is 2. The van der Waals surface area contributed by atoms with Crippen molar-refractivity contribution >= 4 is 30.7 Å². The van der Waals surface area contributed by atoms with Crippen molar-refractivity contribution in [2.75, 3.05) is 7.11 Å². The summed E-state index contributed by atoms with van der Waals surface area (Å²) in [6.07, 6.45) is 0. The Balaban J connectivity index is 2.83. The van der Waals surface area contributed by atoms with Gasteiger partial charge < -0.3 is 0 Å². The monoisotopic (exact) mass is 238 g/mol. The molecule has 1 unspecified atom stereocenters. The molecule has 2 rings (SSSR count). The molecule has 0 radical (unpaired) electrons. The first-order valence-electron chi connectivity index (χ1n) is 4.43. The van der Waals surface area contributed by atoms with E-state index >= 15 is 0 Å². The lowest BCUT2D eigenvalue weighted by molar-refractivity contribution is 0.444. The van der Waals surface area contributed by atoms with Crippen molar-refractivity contribution in [1.29, 1.82) is 0 Å². The molecular weight excluding hydrogens is 228 g/mol. The fourth-order valence-corrected chi connectivity index (χ4v) is 2.82. The fourth-order valence-electron chi connectivity index (χ4n) is 1.50. The van der Waals surface area contributed by atoms with Crippen LogP contribution in [0.4, 0.5) is 0 Å². The lowest BCUT2D eigenvalue weighted by Gasteiger charge is -2.07. The number of hydrogen-bond donors (Lipinski definition) is 0. The quantitative estimate of drug-likeness (QED) is 0.804. The van der Waals surface area contributed by atoms with Gasteiger partial charge in [0.25, 0.3) is 0 Å². The van der Waals surface area contributed by atoms with Crippen molar-refractivity contribution in [3.05, 3.63) is 42.5 Å². The van der Waals surface area contributed by atoms with Gasteiger partial charge in [-0.3, -0.25) is 4.18 Å². The Bertz CT molecular complexity index is 583. The molecule has 0 saturated heterocycles. The second-order valence-corrected chi connectivity index (χ2v) is 6.10. The molecule has 2 nitrogen and oxygen atoms in total. The molecule has 0 spiro atoms. The molecule has 0 amide bonds. The van der Waals surface area contributed by atoms with Gasteiger partial charge in [0.2, 0.25) is 0 Å². The summed E-state index contributed by atoms with van der Waals surface area (Å²) in [5.74, 6) is 0. The van der Waals surface area contributed by atoms with Crippen LogP contribution in [0.15, 0.2) is 47.4 Å². The molecule has 1 atom stereocenters. The topological polar surface area (TPSA) is 26.3 Å².